The summed E-state index contributed by atoms with van der Waals surface area (Å²) in [5.41, 5.74) is 0.577. The predicted molar refractivity (Wildman–Crippen MR) is 126 cm³/mol. The van der Waals surface area contributed by atoms with Crippen molar-refractivity contribution < 1.29 is 21.6 Å². The third-order valence-corrected chi connectivity index (χ3v) is 10.5. The molecule has 4 rings (SSSR count). The third-order valence-electron chi connectivity index (χ3n) is 6.32. The summed E-state index contributed by atoms with van der Waals surface area (Å²) in [5, 5.41) is 2.70. The molecule has 0 unspecified atom stereocenters. The van der Waals surface area contributed by atoms with Gasteiger partial charge in [-0.15, -0.1) is 0 Å². The van der Waals surface area contributed by atoms with Crippen LogP contribution < -0.4 is 5.32 Å². The zero-order valence-corrected chi connectivity index (χ0v) is 20.0. The zero-order valence-electron chi connectivity index (χ0n) is 18.4. The molecule has 0 spiro atoms. The van der Waals surface area contributed by atoms with E-state index in [-0.39, 0.29) is 40.6 Å². The number of amides is 1. The lowest BCUT2D eigenvalue weighted by molar-refractivity contribution is -0.130. The van der Waals surface area contributed by atoms with Crippen LogP contribution >= 0.6 is 0 Å². The van der Waals surface area contributed by atoms with E-state index in [1.165, 1.54) is 4.31 Å². The van der Waals surface area contributed by atoms with Crippen molar-refractivity contribution in [1.82, 2.24) is 9.21 Å². The number of piperazine rings is 1. The molecule has 2 aromatic rings. The van der Waals surface area contributed by atoms with Crippen LogP contribution in [0.1, 0.15) is 25.7 Å². The predicted octanol–water partition coefficient (Wildman–Crippen LogP) is 2.35. The molecule has 1 amide bonds. The van der Waals surface area contributed by atoms with Crippen LogP contribution in [0.25, 0.3) is 0 Å². The third kappa shape index (κ3) is 5.23. The van der Waals surface area contributed by atoms with Gasteiger partial charge in [0.25, 0.3) is 0 Å². The van der Waals surface area contributed by atoms with Gasteiger partial charge in [-0.25, -0.2) is 16.8 Å². The smallest absolute Gasteiger partial charge is 0.243 e. The van der Waals surface area contributed by atoms with Crippen LogP contribution in [0.5, 0.6) is 0 Å². The molecule has 1 saturated carbocycles. The van der Waals surface area contributed by atoms with Gasteiger partial charge in [0.2, 0.25) is 15.9 Å². The van der Waals surface area contributed by atoms with Crippen LogP contribution in [-0.4, -0.2) is 69.9 Å². The molecule has 33 heavy (non-hydrogen) atoms. The molecule has 1 saturated heterocycles. The normalized spacial score (nSPS) is 18.4. The highest BCUT2D eigenvalue weighted by atomic mass is 32.2. The summed E-state index contributed by atoms with van der Waals surface area (Å²) < 4.78 is 52.5. The first-order valence-corrected chi connectivity index (χ1v) is 14.2. The number of rotatable bonds is 7. The summed E-state index contributed by atoms with van der Waals surface area (Å²) >= 11 is 0. The van der Waals surface area contributed by atoms with Gasteiger partial charge in [0.05, 0.1) is 21.6 Å². The van der Waals surface area contributed by atoms with Gasteiger partial charge in [0.15, 0.2) is 9.84 Å². The lowest BCUT2D eigenvalue weighted by atomic mass is 10.3. The Kier molecular flexibility index (Phi) is 7.06. The number of sulfonamides is 1. The number of hydrogen-bond acceptors (Lipinski definition) is 6. The van der Waals surface area contributed by atoms with E-state index in [1.807, 2.05) is 0 Å². The Hall–Kier alpha value is -2.43. The van der Waals surface area contributed by atoms with Gasteiger partial charge in [-0.05, 0) is 43.2 Å². The maximum Gasteiger partial charge on any atom is 0.243 e. The Morgan fingerprint density at radius 1 is 0.848 bits per heavy atom. The van der Waals surface area contributed by atoms with Gasteiger partial charge in [-0.2, -0.15) is 4.31 Å². The highest BCUT2D eigenvalue weighted by Gasteiger charge is 2.31. The van der Waals surface area contributed by atoms with E-state index in [1.54, 1.807) is 59.5 Å². The van der Waals surface area contributed by atoms with E-state index in [0.29, 0.717) is 31.6 Å². The highest BCUT2D eigenvalue weighted by Crippen LogP contribution is 2.30. The standard InChI is InChI=1S/C23H29N3O5S2/c27-23(25-13-15-26(16-14-25)33(30,31)21-10-2-1-3-11-21)18-24-19-7-6-12-22(17-19)32(28,29)20-8-4-5-9-20/h1-3,6-7,10-12,17,20,24H,4-5,8-9,13-16,18H2. The summed E-state index contributed by atoms with van der Waals surface area (Å²) in [4.78, 5) is 14.8. The summed E-state index contributed by atoms with van der Waals surface area (Å²) in [6, 6.07) is 14.9. The van der Waals surface area contributed by atoms with Crippen molar-refractivity contribution in [2.45, 2.75) is 40.7 Å². The molecule has 1 N–H and O–H groups in total. The molecule has 2 fully saturated rings. The van der Waals surface area contributed by atoms with Crippen molar-refractivity contribution in [3.63, 3.8) is 0 Å². The fraction of sp³-hybridized carbons (Fsp3) is 0.435. The first kappa shape index (κ1) is 23.7. The minimum absolute atomic E-state index is 0.0123. The first-order valence-electron chi connectivity index (χ1n) is 11.2. The minimum Gasteiger partial charge on any atom is -0.376 e. The number of carbonyl (C=O) groups is 1. The lowest BCUT2D eigenvalue weighted by Crippen LogP contribution is -2.51. The second-order valence-corrected chi connectivity index (χ2v) is 12.6. The first-order chi connectivity index (χ1) is 15.8. The van der Waals surface area contributed by atoms with Gasteiger partial charge in [-0.3, -0.25) is 4.79 Å². The summed E-state index contributed by atoms with van der Waals surface area (Å²) in [6.45, 7) is 1.10. The Labute approximate surface area is 195 Å². The lowest BCUT2D eigenvalue weighted by Gasteiger charge is -2.34. The fourth-order valence-electron chi connectivity index (χ4n) is 4.38. The molecular formula is C23H29N3O5S2. The average molecular weight is 492 g/mol. The second-order valence-electron chi connectivity index (χ2n) is 8.43. The quantitative estimate of drug-likeness (QED) is 0.638. The van der Waals surface area contributed by atoms with Crippen LogP contribution in [0.15, 0.2) is 64.4 Å². The molecular weight excluding hydrogens is 462 g/mol. The molecule has 1 aliphatic carbocycles. The molecule has 0 bridgehead atoms. The molecule has 1 aliphatic heterocycles. The van der Waals surface area contributed by atoms with E-state index in [4.69, 9.17) is 0 Å². The Bertz CT molecular complexity index is 1190. The van der Waals surface area contributed by atoms with Crippen molar-refractivity contribution in [3.05, 3.63) is 54.6 Å². The van der Waals surface area contributed by atoms with Crippen LogP contribution in [0.3, 0.4) is 0 Å². The van der Waals surface area contributed by atoms with Gasteiger partial charge in [0, 0.05) is 31.9 Å². The molecule has 8 nitrogen and oxygen atoms in total. The molecule has 0 atom stereocenters. The maximum absolute atomic E-state index is 12.8. The van der Waals surface area contributed by atoms with Crippen LogP contribution in [0.4, 0.5) is 5.69 Å². The largest absolute Gasteiger partial charge is 0.376 e. The summed E-state index contributed by atoms with van der Waals surface area (Å²) in [7, 11) is -6.93. The molecule has 10 heteroatoms. The number of nitrogens with zero attached hydrogens (tertiary/aromatic N) is 2. The van der Waals surface area contributed by atoms with Gasteiger partial charge < -0.3 is 10.2 Å². The molecule has 2 aliphatic rings. The maximum atomic E-state index is 12.8. The Balaban J connectivity index is 1.32. The highest BCUT2D eigenvalue weighted by molar-refractivity contribution is 7.92. The van der Waals surface area contributed by atoms with Crippen molar-refractivity contribution in [1.29, 1.82) is 0 Å². The summed E-state index contributed by atoms with van der Waals surface area (Å²) in [6.07, 6.45) is 3.28. The number of anilines is 1. The SMILES string of the molecule is O=C(CNc1cccc(S(=O)(=O)C2CCCC2)c1)N1CCN(S(=O)(=O)c2ccccc2)CC1. The second kappa shape index (κ2) is 9.82. The fourth-order valence-corrected chi connectivity index (χ4v) is 7.72. The monoisotopic (exact) mass is 491 g/mol. The van der Waals surface area contributed by atoms with E-state index < -0.39 is 19.9 Å². The minimum atomic E-state index is -3.57. The van der Waals surface area contributed by atoms with Gasteiger partial charge >= 0.3 is 0 Å². The van der Waals surface area contributed by atoms with Gasteiger partial charge in [0.1, 0.15) is 0 Å². The van der Waals surface area contributed by atoms with E-state index in [0.717, 1.165) is 12.8 Å². The number of nitrogens with one attached hydrogen (secondary N) is 1. The van der Waals surface area contributed by atoms with Crippen LogP contribution in [0, 0.1) is 0 Å². The molecule has 2 aromatic carbocycles. The van der Waals surface area contributed by atoms with E-state index >= 15 is 0 Å². The molecule has 178 valence electrons. The number of sulfone groups is 1. The Morgan fingerprint density at radius 3 is 2.15 bits per heavy atom. The topological polar surface area (TPSA) is 104 Å². The van der Waals surface area contributed by atoms with Crippen molar-refractivity contribution in [2.24, 2.45) is 0 Å². The zero-order chi connectivity index (χ0) is 23.5. The van der Waals surface area contributed by atoms with E-state index in [9.17, 15) is 21.6 Å². The average Bonchev–Trinajstić information content (AvgIpc) is 3.39. The van der Waals surface area contributed by atoms with Crippen molar-refractivity contribution in [2.75, 3.05) is 38.0 Å². The van der Waals surface area contributed by atoms with Crippen LogP contribution in [0.2, 0.25) is 0 Å². The van der Waals surface area contributed by atoms with E-state index in [2.05, 4.69) is 5.32 Å². The van der Waals surface area contributed by atoms with Crippen LogP contribution in [-0.2, 0) is 24.7 Å². The number of hydrogen-bond donors (Lipinski definition) is 1. The Morgan fingerprint density at radius 2 is 1.48 bits per heavy atom. The van der Waals surface area contributed by atoms with Crippen molar-refractivity contribution >= 4 is 31.5 Å². The summed E-state index contributed by atoms with van der Waals surface area (Å²) in [5.74, 6) is -0.157. The van der Waals surface area contributed by atoms with Crippen molar-refractivity contribution in [3.8, 4) is 0 Å². The molecule has 0 radical (unpaired) electrons. The van der Waals surface area contributed by atoms with Gasteiger partial charge in [-0.1, -0.05) is 37.1 Å². The molecule has 1 heterocycles. The number of carbonyl (C=O) groups excluding carboxylic acids is 1. The number of benzene rings is 2. The molecule has 0 aromatic heterocycles.